The molecule has 1 heterocycles. The summed E-state index contributed by atoms with van der Waals surface area (Å²) in [4.78, 5) is 13.8. The van der Waals surface area contributed by atoms with Crippen molar-refractivity contribution in [3.05, 3.63) is 29.6 Å². The number of carbonyl (C=O) groups excluding carboxylic acids is 1. The predicted molar refractivity (Wildman–Crippen MR) is 96.3 cm³/mol. The Morgan fingerprint density at radius 1 is 1.43 bits per heavy atom. The van der Waals surface area contributed by atoms with Crippen molar-refractivity contribution in [2.75, 3.05) is 19.9 Å². The topological polar surface area (TPSA) is 29.5 Å². The van der Waals surface area contributed by atoms with Crippen LogP contribution in [0.1, 0.15) is 37.7 Å². The van der Waals surface area contributed by atoms with Gasteiger partial charge in [0.2, 0.25) is 5.91 Å². The Hall–Kier alpha value is -0.880. The van der Waals surface area contributed by atoms with Gasteiger partial charge in [0.15, 0.2) is 11.6 Å². The van der Waals surface area contributed by atoms with Crippen molar-refractivity contribution >= 4 is 27.5 Å². The summed E-state index contributed by atoms with van der Waals surface area (Å²) in [5, 5.41) is 0.773. The summed E-state index contributed by atoms with van der Waals surface area (Å²) in [6.07, 6.45) is 5.11. The van der Waals surface area contributed by atoms with Crippen LogP contribution >= 0.6 is 21.6 Å². The molecule has 1 unspecified atom stereocenters. The number of methoxy groups -OCH3 is 1. The molecule has 6 heteroatoms. The van der Waals surface area contributed by atoms with E-state index in [0.29, 0.717) is 13.0 Å². The normalized spacial score (nSPS) is 17.3. The highest BCUT2D eigenvalue weighted by atomic mass is 33.1. The SMILES string of the molecule is COc1ccc(CN(C)C(=O)CCCCC2CCSS2)cc1F. The second-order valence-electron chi connectivity index (χ2n) is 5.79. The molecule has 1 atom stereocenters. The van der Waals surface area contributed by atoms with Crippen molar-refractivity contribution < 1.29 is 13.9 Å². The maximum Gasteiger partial charge on any atom is 0.222 e. The number of benzene rings is 1. The van der Waals surface area contributed by atoms with E-state index in [9.17, 15) is 9.18 Å². The van der Waals surface area contributed by atoms with E-state index in [0.717, 1.165) is 23.7 Å². The van der Waals surface area contributed by atoms with Crippen LogP contribution in [0.15, 0.2) is 18.2 Å². The third-order valence-corrected chi connectivity index (χ3v) is 6.96. The number of hydrogen-bond acceptors (Lipinski definition) is 4. The number of rotatable bonds is 8. The van der Waals surface area contributed by atoms with E-state index in [1.807, 2.05) is 21.6 Å². The molecule has 0 aliphatic carbocycles. The molecule has 0 aromatic heterocycles. The van der Waals surface area contributed by atoms with Crippen molar-refractivity contribution in [2.45, 2.75) is 43.9 Å². The van der Waals surface area contributed by atoms with Crippen molar-refractivity contribution in [3.63, 3.8) is 0 Å². The maximum atomic E-state index is 13.7. The number of hydrogen-bond donors (Lipinski definition) is 0. The average molecular weight is 358 g/mol. The number of ether oxygens (including phenoxy) is 1. The van der Waals surface area contributed by atoms with Gasteiger partial charge in [-0.1, -0.05) is 34.1 Å². The van der Waals surface area contributed by atoms with Crippen molar-refractivity contribution in [1.82, 2.24) is 4.90 Å². The van der Waals surface area contributed by atoms with E-state index in [4.69, 9.17) is 4.74 Å². The quantitative estimate of drug-likeness (QED) is 0.506. The van der Waals surface area contributed by atoms with E-state index < -0.39 is 5.82 Å². The van der Waals surface area contributed by atoms with Crippen LogP contribution < -0.4 is 4.74 Å². The molecule has 3 nitrogen and oxygen atoms in total. The summed E-state index contributed by atoms with van der Waals surface area (Å²) in [5.74, 6) is 1.22. The number of halogens is 1. The molecule has 0 spiro atoms. The standard InChI is InChI=1S/C17H24FNO2S2/c1-19(12-13-7-8-16(21-2)15(18)11-13)17(20)6-4-3-5-14-9-10-22-23-14/h7-8,11,14H,3-6,9-10,12H2,1-2H3. The Kier molecular flexibility index (Phi) is 7.56. The highest BCUT2D eigenvalue weighted by molar-refractivity contribution is 8.77. The molecule has 2 rings (SSSR count). The largest absolute Gasteiger partial charge is 0.494 e. The molecule has 0 N–H and O–H groups in total. The van der Waals surface area contributed by atoms with Crippen LogP contribution in [-0.4, -0.2) is 36.0 Å². The minimum Gasteiger partial charge on any atom is -0.494 e. The molecular weight excluding hydrogens is 333 g/mol. The van der Waals surface area contributed by atoms with E-state index in [1.165, 1.54) is 31.8 Å². The molecule has 1 aliphatic heterocycles. The monoisotopic (exact) mass is 357 g/mol. The van der Waals surface area contributed by atoms with Gasteiger partial charge < -0.3 is 9.64 Å². The van der Waals surface area contributed by atoms with Crippen LogP contribution in [0, 0.1) is 5.82 Å². The van der Waals surface area contributed by atoms with Crippen LogP contribution in [0.2, 0.25) is 0 Å². The minimum absolute atomic E-state index is 0.120. The third-order valence-electron chi connectivity index (χ3n) is 3.96. The first-order valence-electron chi connectivity index (χ1n) is 7.95. The molecular formula is C17H24FNO2S2. The van der Waals surface area contributed by atoms with Gasteiger partial charge in [-0.15, -0.1) is 0 Å². The number of nitrogens with zero attached hydrogens (tertiary/aromatic N) is 1. The van der Waals surface area contributed by atoms with Crippen LogP contribution in [0.25, 0.3) is 0 Å². The van der Waals surface area contributed by atoms with Gasteiger partial charge in [0.1, 0.15) is 0 Å². The van der Waals surface area contributed by atoms with Crippen molar-refractivity contribution in [1.29, 1.82) is 0 Å². The molecule has 1 aliphatic rings. The molecule has 0 bridgehead atoms. The van der Waals surface area contributed by atoms with Gasteiger partial charge in [0, 0.05) is 31.0 Å². The van der Waals surface area contributed by atoms with Crippen molar-refractivity contribution in [3.8, 4) is 5.75 Å². The lowest BCUT2D eigenvalue weighted by atomic mass is 10.1. The zero-order chi connectivity index (χ0) is 16.7. The molecule has 1 saturated heterocycles. The van der Waals surface area contributed by atoms with Gasteiger partial charge in [-0.05, 0) is 37.0 Å². The zero-order valence-electron chi connectivity index (χ0n) is 13.7. The Morgan fingerprint density at radius 2 is 2.26 bits per heavy atom. The fraction of sp³-hybridized carbons (Fsp3) is 0.588. The minimum atomic E-state index is -0.391. The molecule has 0 saturated carbocycles. The summed E-state index contributed by atoms with van der Waals surface area (Å²) < 4.78 is 18.6. The zero-order valence-corrected chi connectivity index (χ0v) is 15.4. The molecule has 1 aromatic carbocycles. The molecule has 1 fully saturated rings. The Balaban J connectivity index is 1.70. The van der Waals surface area contributed by atoms with Gasteiger partial charge in [-0.3, -0.25) is 4.79 Å². The number of amides is 1. The predicted octanol–water partition coefficient (Wildman–Crippen LogP) is 4.51. The fourth-order valence-corrected chi connectivity index (χ4v) is 5.60. The lowest BCUT2D eigenvalue weighted by molar-refractivity contribution is -0.130. The fourth-order valence-electron chi connectivity index (χ4n) is 2.57. The summed E-state index contributed by atoms with van der Waals surface area (Å²) in [5.41, 5.74) is 0.776. The summed E-state index contributed by atoms with van der Waals surface area (Å²) in [7, 11) is 7.16. The van der Waals surface area contributed by atoms with Gasteiger partial charge in [-0.25, -0.2) is 4.39 Å². The summed E-state index contributed by atoms with van der Waals surface area (Å²) >= 11 is 0. The first-order valence-corrected chi connectivity index (χ1v) is 10.3. The summed E-state index contributed by atoms with van der Waals surface area (Å²) in [6, 6.07) is 4.82. The molecule has 1 aromatic rings. The van der Waals surface area contributed by atoms with Gasteiger partial charge in [-0.2, -0.15) is 0 Å². The Labute approximate surface area is 145 Å². The molecule has 1 amide bonds. The highest BCUT2D eigenvalue weighted by Gasteiger charge is 2.16. The second-order valence-corrected chi connectivity index (χ2v) is 8.58. The van der Waals surface area contributed by atoms with Crippen molar-refractivity contribution in [2.24, 2.45) is 0 Å². The second kappa shape index (κ2) is 9.42. The van der Waals surface area contributed by atoms with Crippen LogP contribution in [-0.2, 0) is 11.3 Å². The molecule has 128 valence electrons. The first kappa shape index (κ1) is 18.5. The molecule has 23 heavy (non-hydrogen) atoms. The maximum absolute atomic E-state index is 13.7. The van der Waals surface area contributed by atoms with E-state index in [2.05, 4.69) is 0 Å². The van der Waals surface area contributed by atoms with E-state index in [1.54, 1.807) is 24.1 Å². The first-order chi connectivity index (χ1) is 11.1. The lowest BCUT2D eigenvalue weighted by Gasteiger charge is -2.18. The van der Waals surface area contributed by atoms with Crippen LogP contribution in [0.5, 0.6) is 5.75 Å². The van der Waals surface area contributed by atoms with Gasteiger partial charge in [0.25, 0.3) is 0 Å². The van der Waals surface area contributed by atoms with E-state index >= 15 is 0 Å². The lowest BCUT2D eigenvalue weighted by Crippen LogP contribution is -2.25. The summed E-state index contributed by atoms with van der Waals surface area (Å²) in [6.45, 7) is 0.425. The van der Waals surface area contributed by atoms with Gasteiger partial charge >= 0.3 is 0 Å². The van der Waals surface area contributed by atoms with Crippen LogP contribution in [0.3, 0.4) is 0 Å². The number of carbonyl (C=O) groups is 1. The smallest absolute Gasteiger partial charge is 0.222 e. The average Bonchev–Trinajstić information content (AvgIpc) is 3.05. The Bertz CT molecular complexity index is 521. The Morgan fingerprint density at radius 3 is 2.91 bits per heavy atom. The van der Waals surface area contributed by atoms with Gasteiger partial charge in [0.05, 0.1) is 7.11 Å². The molecule has 0 radical (unpaired) electrons. The third kappa shape index (κ3) is 5.92. The van der Waals surface area contributed by atoms with E-state index in [-0.39, 0.29) is 11.7 Å². The number of unbranched alkanes of at least 4 members (excludes halogenated alkanes) is 1. The highest BCUT2D eigenvalue weighted by Crippen LogP contribution is 2.39. The van der Waals surface area contributed by atoms with Crippen LogP contribution in [0.4, 0.5) is 4.39 Å².